The minimum atomic E-state index is -1.18. The summed E-state index contributed by atoms with van der Waals surface area (Å²) in [6.45, 7) is 25.6. The van der Waals surface area contributed by atoms with Gasteiger partial charge in [-0.05, 0) is 63.6 Å². The highest BCUT2D eigenvalue weighted by atomic mass is 28.3. The second kappa shape index (κ2) is 14.7. The van der Waals surface area contributed by atoms with Crippen LogP contribution in [0.15, 0.2) is 36.2 Å². The third kappa shape index (κ3) is 8.99. The first-order valence-corrected chi connectivity index (χ1v) is 20.5. The SMILES string of the molecule is C=C(c1cnn(C2(CC#N)CN(C3CCN(C(=O)OC(C)(C)C)CC3)C2)c1)c1ccn(COCC[Si](C)(C)C)c1N=CC(C)CC. The van der Waals surface area contributed by atoms with Crippen molar-refractivity contribution in [3.05, 3.63) is 42.4 Å². The summed E-state index contributed by atoms with van der Waals surface area (Å²) in [6.07, 6.45) is 10.9. The lowest BCUT2D eigenvalue weighted by molar-refractivity contribution is -0.0457. The number of carbonyl (C=O) groups is 1. The lowest BCUT2D eigenvalue weighted by Gasteiger charge is -2.53. The van der Waals surface area contributed by atoms with Gasteiger partial charge in [-0.15, -0.1) is 0 Å². The predicted molar refractivity (Wildman–Crippen MR) is 187 cm³/mol. The number of ether oxygens (including phenoxy) is 2. The van der Waals surface area contributed by atoms with Crippen molar-refractivity contribution < 1.29 is 14.3 Å². The predicted octanol–water partition coefficient (Wildman–Crippen LogP) is 7.13. The Labute approximate surface area is 277 Å². The highest BCUT2D eigenvalue weighted by Crippen LogP contribution is 2.38. The van der Waals surface area contributed by atoms with E-state index in [9.17, 15) is 10.1 Å². The van der Waals surface area contributed by atoms with Crippen molar-refractivity contribution in [1.82, 2.24) is 24.1 Å². The molecule has 46 heavy (non-hydrogen) atoms. The highest BCUT2D eigenvalue weighted by molar-refractivity contribution is 6.76. The van der Waals surface area contributed by atoms with Gasteiger partial charge in [-0.3, -0.25) is 9.58 Å². The Hall–Kier alpha value is -3.20. The Balaban J connectivity index is 1.44. The zero-order valence-corrected chi connectivity index (χ0v) is 30.4. The number of nitriles is 1. The lowest BCUT2D eigenvalue weighted by atomic mass is 9.84. The fraction of sp³-hybridized carbons (Fsp3) is 0.657. The number of amides is 1. The molecule has 1 atom stereocenters. The molecule has 2 fully saturated rings. The third-order valence-corrected chi connectivity index (χ3v) is 10.7. The molecule has 2 aliphatic heterocycles. The third-order valence-electron chi connectivity index (χ3n) is 9.03. The van der Waals surface area contributed by atoms with Crippen LogP contribution in [-0.2, 0) is 21.7 Å². The maximum atomic E-state index is 12.5. The van der Waals surface area contributed by atoms with Crippen molar-refractivity contribution in [2.75, 3.05) is 32.8 Å². The monoisotopic (exact) mass is 649 g/mol. The summed E-state index contributed by atoms with van der Waals surface area (Å²) >= 11 is 0. The molecule has 0 saturated carbocycles. The van der Waals surface area contributed by atoms with Crippen LogP contribution in [0.25, 0.3) is 5.57 Å². The van der Waals surface area contributed by atoms with Crippen LogP contribution in [0.1, 0.15) is 71.4 Å². The van der Waals surface area contributed by atoms with E-state index in [4.69, 9.17) is 19.6 Å². The topological polar surface area (TPSA) is 101 Å². The first-order valence-electron chi connectivity index (χ1n) is 16.8. The molecule has 0 aliphatic carbocycles. The maximum absolute atomic E-state index is 12.5. The zero-order valence-electron chi connectivity index (χ0n) is 29.4. The van der Waals surface area contributed by atoms with E-state index in [1.807, 2.05) is 55.2 Å². The van der Waals surface area contributed by atoms with Gasteiger partial charge in [0.1, 0.15) is 23.7 Å². The summed E-state index contributed by atoms with van der Waals surface area (Å²) in [4.78, 5) is 21.7. The number of hydrogen-bond donors (Lipinski definition) is 0. The number of piperidine rings is 1. The van der Waals surface area contributed by atoms with E-state index in [2.05, 4.69) is 61.7 Å². The molecule has 2 saturated heterocycles. The number of aromatic nitrogens is 3. The van der Waals surface area contributed by atoms with Gasteiger partial charge in [0.05, 0.1) is 18.7 Å². The van der Waals surface area contributed by atoms with Gasteiger partial charge < -0.3 is 18.9 Å². The Bertz CT molecular complexity index is 1410. The van der Waals surface area contributed by atoms with Gasteiger partial charge in [-0.1, -0.05) is 40.1 Å². The summed E-state index contributed by atoms with van der Waals surface area (Å²) in [6, 6.07) is 5.96. The molecule has 4 heterocycles. The molecule has 1 amide bonds. The van der Waals surface area contributed by atoms with Crippen LogP contribution in [0.3, 0.4) is 0 Å². The number of likely N-dealkylation sites (tertiary alicyclic amines) is 2. The largest absolute Gasteiger partial charge is 0.444 e. The first-order chi connectivity index (χ1) is 21.6. The van der Waals surface area contributed by atoms with Gasteiger partial charge in [0.25, 0.3) is 0 Å². The highest BCUT2D eigenvalue weighted by Gasteiger charge is 2.48. The molecule has 0 radical (unpaired) electrons. The van der Waals surface area contributed by atoms with Gasteiger partial charge in [0.15, 0.2) is 0 Å². The molecule has 4 rings (SSSR count). The van der Waals surface area contributed by atoms with Crippen LogP contribution in [0, 0.1) is 17.2 Å². The van der Waals surface area contributed by atoms with Crippen molar-refractivity contribution in [3.63, 3.8) is 0 Å². The smallest absolute Gasteiger partial charge is 0.410 e. The average molecular weight is 650 g/mol. The minimum absolute atomic E-state index is 0.240. The molecule has 2 aromatic heterocycles. The van der Waals surface area contributed by atoms with Crippen molar-refractivity contribution in [2.24, 2.45) is 10.9 Å². The number of aliphatic imine (C=N–C) groups is 1. The van der Waals surface area contributed by atoms with Crippen molar-refractivity contribution in [2.45, 2.75) is 110 Å². The number of rotatable bonds is 13. The van der Waals surface area contributed by atoms with Crippen molar-refractivity contribution >= 4 is 31.8 Å². The molecule has 2 aliphatic rings. The van der Waals surface area contributed by atoms with E-state index in [1.54, 1.807) is 0 Å². The van der Waals surface area contributed by atoms with Crippen LogP contribution in [0.5, 0.6) is 0 Å². The van der Waals surface area contributed by atoms with E-state index >= 15 is 0 Å². The molecule has 0 N–H and O–H groups in total. The maximum Gasteiger partial charge on any atom is 0.410 e. The normalized spacial score (nSPS) is 18.4. The second-order valence-corrected chi connectivity index (χ2v) is 21.0. The number of nitrogens with zero attached hydrogens (tertiary/aromatic N) is 7. The fourth-order valence-corrected chi connectivity index (χ4v) is 6.64. The molecule has 0 aromatic carbocycles. The van der Waals surface area contributed by atoms with Crippen LogP contribution >= 0.6 is 0 Å². The van der Waals surface area contributed by atoms with Gasteiger partial charge in [0, 0.05) is 76.6 Å². The standard InChI is InChI=1S/C35H55N7O3Si/c1-10-27(2)21-37-32-31(13-18-40(32)26-44-19-20-46(7,8)9)28(3)29-22-38-42(23-29)35(14-15-36)24-41(25-35)30-11-16-39(17-12-30)33(43)45-34(4,5)6/h13,18,21-23,27,30H,3,10-12,14,16-17,19-20,24-26H2,1-2,4-9H3. The Morgan fingerprint density at radius 2 is 1.98 bits per heavy atom. The molecular weight excluding hydrogens is 595 g/mol. The molecule has 11 heteroatoms. The van der Waals surface area contributed by atoms with E-state index in [0.717, 1.165) is 67.5 Å². The van der Waals surface area contributed by atoms with Gasteiger partial charge in [-0.25, -0.2) is 9.79 Å². The molecule has 1 unspecified atom stereocenters. The van der Waals surface area contributed by atoms with E-state index < -0.39 is 13.7 Å². The van der Waals surface area contributed by atoms with E-state index in [-0.39, 0.29) is 11.6 Å². The fourth-order valence-electron chi connectivity index (χ4n) is 5.88. The van der Waals surface area contributed by atoms with Crippen molar-refractivity contribution in [3.8, 4) is 6.07 Å². The second-order valence-electron chi connectivity index (χ2n) is 15.3. The first kappa shape index (κ1) is 35.6. The number of carbonyl (C=O) groups excluding carboxylic acids is 1. The summed E-state index contributed by atoms with van der Waals surface area (Å²) < 4.78 is 15.7. The quantitative estimate of drug-likeness (QED) is 0.130. The average Bonchev–Trinajstić information content (AvgIpc) is 3.62. The molecule has 0 spiro atoms. The van der Waals surface area contributed by atoms with Crippen molar-refractivity contribution in [1.29, 1.82) is 5.26 Å². The Morgan fingerprint density at radius 3 is 2.59 bits per heavy atom. The summed E-state index contributed by atoms with van der Waals surface area (Å²) in [7, 11) is -1.18. The molecule has 10 nitrogen and oxygen atoms in total. The van der Waals surface area contributed by atoms with Gasteiger partial charge >= 0.3 is 6.09 Å². The van der Waals surface area contributed by atoms with Gasteiger partial charge in [-0.2, -0.15) is 10.4 Å². The summed E-state index contributed by atoms with van der Waals surface area (Å²) in [5, 5.41) is 14.6. The summed E-state index contributed by atoms with van der Waals surface area (Å²) in [5.74, 6) is 1.20. The van der Waals surface area contributed by atoms with E-state index in [0.29, 0.717) is 38.2 Å². The molecular formula is C35H55N7O3Si. The van der Waals surface area contributed by atoms with Crippen LogP contribution in [0.4, 0.5) is 10.6 Å². The minimum Gasteiger partial charge on any atom is -0.444 e. The Morgan fingerprint density at radius 1 is 1.28 bits per heavy atom. The zero-order chi connectivity index (χ0) is 33.7. The Kier molecular flexibility index (Phi) is 11.4. The lowest BCUT2D eigenvalue weighted by Crippen LogP contribution is -2.66. The van der Waals surface area contributed by atoms with Crippen LogP contribution in [0.2, 0.25) is 25.7 Å². The number of hydrogen-bond acceptors (Lipinski definition) is 7. The molecule has 2 aromatic rings. The molecule has 0 bridgehead atoms. The summed E-state index contributed by atoms with van der Waals surface area (Å²) in [5.41, 5.74) is 1.84. The van der Waals surface area contributed by atoms with Gasteiger partial charge in [0.2, 0.25) is 0 Å². The van der Waals surface area contributed by atoms with Crippen LogP contribution in [-0.4, -0.2) is 89.0 Å². The van der Waals surface area contributed by atoms with E-state index in [1.165, 1.54) is 0 Å². The molecule has 252 valence electrons. The van der Waals surface area contributed by atoms with Crippen LogP contribution < -0.4 is 0 Å².